The maximum Gasteiger partial charge on any atom is 0.361 e. The minimum Gasteiger partial charge on any atom is -0.391 e. The third kappa shape index (κ3) is 15.2. The summed E-state index contributed by atoms with van der Waals surface area (Å²) >= 11 is 0. The van der Waals surface area contributed by atoms with E-state index in [4.69, 9.17) is 8.85 Å². The Bertz CT molecular complexity index is 258. The molecule has 0 N–H and O–H groups in total. The molecule has 0 aliphatic carbocycles. The van der Waals surface area contributed by atoms with Crippen LogP contribution >= 0.6 is 0 Å². The van der Waals surface area contributed by atoms with Gasteiger partial charge in [-0.25, -0.2) is 0 Å². The molecular weight excluding hydrogens is 300 g/mol. The summed E-state index contributed by atoms with van der Waals surface area (Å²) in [5.41, 5.74) is 1.94. The van der Waals surface area contributed by atoms with Crippen LogP contribution in [-0.2, 0) is 8.85 Å². The third-order valence-electron chi connectivity index (χ3n) is 4.39. The Hall–Kier alpha value is -0.123. The van der Waals surface area contributed by atoms with Crippen molar-refractivity contribution in [1.82, 2.24) is 0 Å². The topological polar surface area (TPSA) is 18.5 Å². The Morgan fingerprint density at radius 3 is 1.35 bits per heavy atom. The van der Waals surface area contributed by atoms with Crippen molar-refractivity contribution < 1.29 is 8.85 Å². The van der Waals surface area contributed by atoms with Crippen molar-refractivity contribution in [3.63, 3.8) is 0 Å². The summed E-state index contributed by atoms with van der Waals surface area (Å²) in [4.78, 5) is 0. The number of hydrogen-bond acceptors (Lipinski definition) is 2. The van der Waals surface area contributed by atoms with Crippen LogP contribution in [0.2, 0.25) is 6.55 Å². The van der Waals surface area contributed by atoms with Gasteiger partial charge in [-0.1, -0.05) is 84.5 Å². The van der Waals surface area contributed by atoms with Gasteiger partial charge in [0, 0.05) is 13.2 Å². The standard InChI is InChI=1S/C20H42O2Si/c1-5-8-10-12-14-16-18-20-22-23(4,7-3)21-19-17-15-13-11-9-6-2/h7H,3,5-6,8-20H2,1-2,4H3. The van der Waals surface area contributed by atoms with Gasteiger partial charge in [0.25, 0.3) is 0 Å². The lowest BCUT2D eigenvalue weighted by Gasteiger charge is -2.23. The van der Waals surface area contributed by atoms with Crippen LogP contribution in [0.3, 0.4) is 0 Å². The van der Waals surface area contributed by atoms with Crippen LogP contribution in [0.4, 0.5) is 0 Å². The molecule has 0 rings (SSSR count). The fourth-order valence-corrected chi connectivity index (χ4v) is 4.07. The van der Waals surface area contributed by atoms with Crippen LogP contribution < -0.4 is 0 Å². The van der Waals surface area contributed by atoms with Crippen molar-refractivity contribution in [3.05, 3.63) is 12.3 Å². The zero-order valence-corrected chi connectivity index (χ0v) is 17.2. The van der Waals surface area contributed by atoms with Gasteiger partial charge in [-0.2, -0.15) is 0 Å². The predicted molar refractivity (Wildman–Crippen MR) is 105 cm³/mol. The van der Waals surface area contributed by atoms with E-state index in [0.717, 1.165) is 26.1 Å². The molecule has 23 heavy (non-hydrogen) atoms. The highest BCUT2D eigenvalue weighted by atomic mass is 28.4. The van der Waals surface area contributed by atoms with E-state index in [1.165, 1.54) is 70.6 Å². The largest absolute Gasteiger partial charge is 0.391 e. The molecule has 0 aromatic rings. The summed E-state index contributed by atoms with van der Waals surface area (Å²) in [5.74, 6) is 0. The average Bonchev–Trinajstić information content (AvgIpc) is 2.56. The molecule has 2 nitrogen and oxygen atoms in total. The molecular formula is C20H42O2Si. The lowest BCUT2D eigenvalue weighted by atomic mass is 10.1. The Labute approximate surface area is 147 Å². The smallest absolute Gasteiger partial charge is 0.361 e. The van der Waals surface area contributed by atoms with E-state index in [-0.39, 0.29) is 0 Å². The maximum atomic E-state index is 6.05. The van der Waals surface area contributed by atoms with E-state index in [9.17, 15) is 0 Å². The van der Waals surface area contributed by atoms with Crippen LogP contribution in [0.1, 0.15) is 97.3 Å². The number of hydrogen-bond donors (Lipinski definition) is 0. The van der Waals surface area contributed by atoms with Gasteiger partial charge in [-0.05, 0) is 25.1 Å². The molecule has 0 aromatic heterocycles. The second-order valence-corrected chi connectivity index (χ2v) is 9.82. The van der Waals surface area contributed by atoms with E-state index in [2.05, 4.69) is 27.0 Å². The van der Waals surface area contributed by atoms with Crippen LogP contribution in [0.5, 0.6) is 0 Å². The fraction of sp³-hybridized carbons (Fsp3) is 0.900. The first-order chi connectivity index (χ1) is 11.2. The highest BCUT2D eigenvalue weighted by molar-refractivity contribution is 6.71. The summed E-state index contributed by atoms with van der Waals surface area (Å²) in [6, 6.07) is 0. The molecule has 0 aliphatic heterocycles. The maximum absolute atomic E-state index is 6.05. The zero-order valence-electron chi connectivity index (χ0n) is 16.2. The van der Waals surface area contributed by atoms with Crippen LogP contribution in [-0.4, -0.2) is 21.8 Å². The third-order valence-corrected chi connectivity index (χ3v) is 6.69. The Balaban J connectivity index is 3.54. The fourth-order valence-electron chi connectivity index (χ4n) is 2.65. The number of unbranched alkanes of at least 4 members (excludes halogenated alkanes) is 11. The molecule has 138 valence electrons. The van der Waals surface area contributed by atoms with Crippen LogP contribution in [0, 0.1) is 0 Å². The van der Waals surface area contributed by atoms with Gasteiger partial charge < -0.3 is 8.85 Å². The van der Waals surface area contributed by atoms with Crippen molar-refractivity contribution in [2.24, 2.45) is 0 Å². The highest BCUT2D eigenvalue weighted by Crippen LogP contribution is 2.13. The molecule has 0 heterocycles. The minimum absolute atomic E-state index is 0.831. The second-order valence-electron chi connectivity index (χ2n) is 6.81. The van der Waals surface area contributed by atoms with Gasteiger partial charge in [0.2, 0.25) is 0 Å². The van der Waals surface area contributed by atoms with Crippen molar-refractivity contribution in [2.75, 3.05) is 13.2 Å². The molecule has 0 aromatic carbocycles. The first-order valence-electron chi connectivity index (χ1n) is 10.1. The van der Waals surface area contributed by atoms with Crippen LogP contribution in [0.15, 0.2) is 12.3 Å². The lowest BCUT2D eigenvalue weighted by molar-refractivity contribution is 0.177. The van der Waals surface area contributed by atoms with Gasteiger partial charge in [0.15, 0.2) is 0 Å². The first kappa shape index (κ1) is 22.9. The molecule has 0 fully saturated rings. The van der Waals surface area contributed by atoms with Crippen LogP contribution in [0.25, 0.3) is 0 Å². The summed E-state index contributed by atoms with van der Waals surface area (Å²) < 4.78 is 12.1. The van der Waals surface area contributed by atoms with Crippen molar-refractivity contribution in [3.8, 4) is 0 Å². The minimum atomic E-state index is -2.12. The van der Waals surface area contributed by atoms with Gasteiger partial charge >= 0.3 is 8.56 Å². The molecule has 1 unspecified atom stereocenters. The SMILES string of the molecule is C=C[Si](C)(OCCCCCCCC)OCCCCCCCCC. The van der Waals surface area contributed by atoms with Gasteiger partial charge in [-0.3, -0.25) is 0 Å². The summed E-state index contributed by atoms with van der Waals surface area (Å²) in [6.07, 6.45) is 17.0. The molecule has 0 aliphatic rings. The Morgan fingerprint density at radius 1 is 0.652 bits per heavy atom. The lowest BCUT2D eigenvalue weighted by Crippen LogP contribution is -2.37. The summed E-state index contributed by atoms with van der Waals surface area (Å²) in [5, 5.41) is 0. The van der Waals surface area contributed by atoms with E-state index in [1.54, 1.807) is 0 Å². The van der Waals surface area contributed by atoms with Crippen molar-refractivity contribution >= 4 is 8.56 Å². The Morgan fingerprint density at radius 2 is 1.00 bits per heavy atom. The first-order valence-corrected chi connectivity index (χ1v) is 12.5. The molecule has 0 saturated heterocycles. The van der Waals surface area contributed by atoms with Gasteiger partial charge in [0.05, 0.1) is 0 Å². The summed E-state index contributed by atoms with van der Waals surface area (Å²) in [6.45, 7) is 12.2. The highest BCUT2D eigenvalue weighted by Gasteiger charge is 2.26. The predicted octanol–water partition coefficient (Wildman–Crippen LogP) is 6.93. The molecule has 0 spiro atoms. The van der Waals surface area contributed by atoms with Crippen molar-refractivity contribution in [2.45, 2.75) is 104 Å². The van der Waals surface area contributed by atoms with E-state index < -0.39 is 8.56 Å². The molecule has 0 saturated carbocycles. The van der Waals surface area contributed by atoms with E-state index in [0.29, 0.717) is 0 Å². The molecule has 0 radical (unpaired) electrons. The second kappa shape index (κ2) is 16.7. The van der Waals surface area contributed by atoms with E-state index in [1.807, 2.05) is 5.70 Å². The summed E-state index contributed by atoms with van der Waals surface area (Å²) in [7, 11) is -2.12. The molecule has 3 heteroatoms. The molecule has 1 atom stereocenters. The quantitative estimate of drug-likeness (QED) is 0.199. The Kier molecular flexibility index (Phi) is 16.6. The molecule has 0 bridgehead atoms. The normalized spacial score (nSPS) is 13.9. The average molecular weight is 343 g/mol. The van der Waals surface area contributed by atoms with Gasteiger partial charge in [-0.15, -0.1) is 6.58 Å². The van der Waals surface area contributed by atoms with E-state index >= 15 is 0 Å². The number of rotatable bonds is 18. The monoisotopic (exact) mass is 342 g/mol. The van der Waals surface area contributed by atoms with Crippen molar-refractivity contribution in [1.29, 1.82) is 0 Å². The van der Waals surface area contributed by atoms with Gasteiger partial charge in [0.1, 0.15) is 0 Å². The zero-order chi connectivity index (χ0) is 17.2. The molecule has 0 amide bonds.